The maximum Gasteiger partial charge on any atom is 0.305 e. The van der Waals surface area contributed by atoms with Crippen molar-refractivity contribution in [1.29, 1.82) is 0 Å². The summed E-state index contributed by atoms with van der Waals surface area (Å²) in [6.45, 7) is 4.79. The predicted molar refractivity (Wildman–Crippen MR) is 65.7 cm³/mol. The summed E-state index contributed by atoms with van der Waals surface area (Å²) in [5.74, 6) is -0.637. The van der Waals surface area contributed by atoms with Crippen molar-refractivity contribution in [2.24, 2.45) is 5.92 Å². The van der Waals surface area contributed by atoms with Gasteiger partial charge in [-0.25, -0.2) is 0 Å². The standard InChI is InChI=1S/C13H23NO3/c1-3-4-6-10(2)13(17)14-8-5-7-11(14)9-12(15)16/h10-11H,3-9H2,1-2H3,(H,15,16). The van der Waals surface area contributed by atoms with Gasteiger partial charge in [0.2, 0.25) is 5.91 Å². The SMILES string of the molecule is CCCCC(C)C(=O)N1CCCC1CC(=O)O. The first-order valence-corrected chi connectivity index (χ1v) is 6.58. The van der Waals surface area contributed by atoms with E-state index in [0.717, 1.165) is 38.6 Å². The quantitative estimate of drug-likeness (QED) is 0.776. The second-order valence-corrected chi connectivity index (χ2v) is 4.97. The average molecular weight is 241 g/mol. The largest absolute Gasteiger partial charge is 0.481 e. The normalized spacial score (nSPS) is 21.5. The highest BCUT2D eigenvalue weighted by molar-refractivity contribution is 5.80. The van der Waals surface area contributed by atoms with Crippen molar-refractivity contribution in [1.82, 2.24) is 4.90 Å². The molecule has 98 valence electrons. The maximum atomic E-state index is 12.2. The number of rotatable bonds is 6. The van der Waals surface area contributed by atoms with E-state index in [1.807, 2.05) is 6.92 Å². The Bertz CT molecular complexity index is 278. The predicted octanol–water partition coefficient (Wildman–Crippen LogP) is 2.28. The van der Waals surface area contributed by atoms with E-state index in [4.69, 9.17) is 5.11 Å². The Morgan fingerprint density at radius 3 is 2.76 bits per heavy atom. The van der Waals surface area contributed by atoms with Crippen molar-refractivity contribution < 1.29 is 14.7 Å². The van der Waals surface area contributed by atoms with Crippen LogP contribution in [0.25, 0.3) is 0 Å². The first kappa shape index (κ1) is 14.0. The fourth-order valence-corrected chi connectivity index (χ4v) is 2.46. The molecule has 0 aromatic rings. The van der Waals surface area contributed by atoms with Crippen LogP contribution in [0.3, 0.4) is 0 Å². The fraction of sp³-hybridized carbons (Fsp3) is 0.846. The number of aliphatic carboxylic acids is 1. The van der Waals surface area contributed by atoms with Crippen LogP contribution in [0.15, 0.2) is 0 Å². The molecule has 0 aromatic carbocycles. The molecular weight excluding hydrogens is 218 g/mol. The van der Waals surface area contributed by atoms with Crippen molar-refractivity contribution in [2.45, 2.75) is 58.4 Å². The molecule has 1 N–H and O–H groups in total. The minimum Gasteiger partial charge on any atom is -0.481 e. The van der Waals surface area contributed by atoms with Gasteiger partial charge in [-0.05, 0) is 19.3 Å². The number of carboxylic acid groups (broad SMARTS) is 1. The first-order chi connectivity index (χ1) is 8.06. The molecule has 1 rings (SSSR count). The number of hydrogen-bond donors (Lipinski definition) is 1. The molecule has 0 bridgehead atoms. The minimum absolute atomic E-state index is 0.0318. The van der Waals surface area contributed by atoms with Crippen LogP contribution in [-0.4, -0.2) is 34.5 Å². The summed E-state index contributed by atoms with van der Waals surface area (Å²) in [5, 5.41) is 8.82. The van der Waals surface area contributed by atoms with Crippen molar-refractivity contribution in [3.8, 4) is 0 Å². The molecule has 1 heterocycles. The zero-order valence-corrected chi connectivity index (χ0v) is 10.8. The number of amides is 1. The number of carboxylic acids is 1. The topological polar surface area (TPSA) is 57.6 Å². The van der Waals surface area contributed by atoms with Gasteiger partial charge in [0.1, 0.15) is 0 Å². The maximum absolute atomic E-state index is 12.2. The van der Waals surface area contributed by atoms with Gasteiger partial charge in [0.05, 0.1) is 6.42 Å². The molecule has 1 amide bonds. The number of hydrogen-bond acceptors (Lipinski definition) is 2. The second kappa shape index (κ2) is 6.62. The third-order valence-electron chi connectivity index (χ3n) is 3.48. The zero-order valence-electron chi connectivity index (χ0n) is 10.8. The highest BCUT2D eigenvalue weighted by Crippen LogP contribution is 2.23. The molecule has 0 aromatic heterocycles. The molecule has 2 atom stereocenters. The average Bonchev–Trinajstić information content (AvgIpc) is 2.71. The van der Waals surface area contributed by atoms with Gasteiger partial charge in [-0.1, -0.05) is 26.7 Å². The third kappa shape index (κ3) is 4.02. The van der Waals surface area contributed by atoms with Crippen LogP contribution in [0, 0.1) is 5.92 Å². The Morgan fingerprint density at radius 2 is 2.18 bits per heavy atom. The van der Waals surface area contributed by atoms with E-state index in [2.05, 4.69) is 6.92 Å². The molecule has 1 saturated heterocycles. The summed E-state index contributed by atoms with van der Waals surface area (Å²) in [6.07, 6.45) is 4.92. The van der Waals surface area contributed by atoms with Gasteiger partial charge in [0.25, 0.3) is 0 Å². The van der Waals surface area contributed by atoms with Gasteiger partial charge >= 0.3 is 5.97 Å². The molecule has 1 fully saturated rings. The Morgan fingerprint density at radius 1 is 1.47 bits per heavy atom. The van der Waals surface area contributed by atoms with Crippen molar-refractivity contribution in [3.05, 3.63) is 0 Å². The molecule has 17 heavy (non-hydrogen) atoms. The number of unbranched alkanes of at least 4 members (excludes halogenated alkanes) is 1. The molecule has 0 saturated carbocycles. The molecule has 4 nitrogen and oxygen atoms in total. The van der Waals surface area contributed by atoms with Crippen LogP contribution in [0.4, 0.5) is 0 Å². The number of likely N-dealkylation sites (tertiary alicyclic amines) is 1. The van der Waals surface area contributed by atoms with Gasteiger partial charge in [-0.15, -0.1) is 0 Å². The van der Waals surface area contributed by atoms with Gasteiger partial charge in [-0.3, -0.25) is 9.59 Å². The van der Waals surface area contributed by atoms with Crippen LogP contribution in [0.5, 0.6) is 0 Å². The lowest BCUT2D eigenvalue weighted by molar-refractivity contribution is -0.141. The highest BCUT2D eigenvalue weighted by Gasteiger charge is 2.32. The molecule has 1 aliphatic heterocycles. The van der Waals surface area contributed by atoms with Gasteiger partial charge in [0, 0.05) is 18.5 Å². The van der Waals surface area contributed by atoms with Crippen molar-refractivity contribution in [2.75, 3.05) is 6.54 Å². The second-order valence-electron chi connectivity index (χ2n) is 4.97. The number of carbonyl (C=O) groups is 2. The Balaban J connectivity index is 2.51. The van der Waals surface area contributed by atoms with E-state index >= 15 is 0 Å². The molecule has 1 aliphatic rings. The minimum atomic E-state index is -0.809. The molecule has 2 unspecified atom stereocenters. The summed E-state index contributed by atoms with van der Waals surface area (Å²) >= 11 is 0. The van der Waals surface area contributed by atoms with E-state index in [9.17, 15) is 9.59 Å². The Hall–Kier alpha value is -1.06. The van der Waals surface area contributed by atoms with Crippen molar-refractivity contribution in [3.63, 3.8) is 0 Å². The summed E-state index contributed by atoms with van der Waals surface area (Å²) in [5.41, 5.74) is 0. The first-order valence-electron chi connectivity index (χ1n) is 6.58. The summed E-state index contributed by atoms with van der Waals surface area (Å²) in [6, 6.07) is -0.0796. The van der Waals surface area contributed by atoms with E-state index < -0.39 is 5.97 Å². The van der Waals surface area contributed by atoms with E-state index in [1.165, 1.54) is 0 Å². The lowest BCUT2D eigenvalue weighted by Crippen LogP contribution is -2.39. The summed E-state index contributed by atoms with van der Waals surface area (Å²) in [4.78, 5) is 24.7. The van der Waals surface area contributed by atoms with E-state index in [-0.39, 0.29) is 24.3 Å². The Kier molecular flexibility index (Phi) is 5.45. The molecule has 4 heteroatoms. The van der Waals surface area contributed by atoms with Gasteiger partial charge in [0.15, 0.2) is 0 Å². The van der Waals surface area contributed by atoms with Gasteiger partial charge < -0.3 is 10.0 Å². The van der Waals surface area contributed by atoms with Crippen LogP contribution in [0.1, 0.15) is 52.4 Å². The molecule has 0 radical (unpaired) electrons. The summed E-state index contributed by atoms with van der Waals surface area (Å²) < 4.78 is 0. The van der Waals surface area contributed by atoms with Crippen LogP contribution < -0.4 is 0 Å². The number of carbonyl (C=O) groups excluding carboxylic acids is 1. The van der Waals surface area contributed by atoms with E-state index in [0.29, 0.717) is 0 Å². The number of nitrogens with zero attached hydrogens (tertiary/aromatic N) is 1. The van der Waals surface area contributed by atoms with Crippen molar-refractivity contribution >= 4 is 11.9 Å². The van der Waals surface area contributed by atoms with Crippen LogP contribution in [-0.2, 0) is 9.59 Å². The lowest BCUT2D eigenvalue weighted by atomic mass is 10.0. The smallest absolute Gasteiger partial charge is 0.305 e. The van der Waals surface area contributed by atoms with Crippen LogP contribution in [0.2, 0.25) is 0 Å². The van der Waals surface area contributed by atoms with E-state index in [1.54, 1.807) is 4.90 Å². The summed E-state index contributed by atoms with van der Waals surface area (Å²) in [7, 11) is 0. The lowest BCUT2D eigenvalue weighted by Gasteiger charge is -2.26. The molecular formula is C13H23NO3. The Labute approximate surface area is 103 Å². The fourth-order valence-electron chi connectivity index (χ4n) is 2.46. The molecule has 0 spiro atoms. The highest BCUT2D eigenvalue weighted by atomic mass is 16.4. The van der Waals surface area contributed by atoms with Gasteiger partial charge in [-0.2, -0.15) is 0 Å². The monoisotopic (exact) mass is 241 g/mol. The van der Waals surface area contributed by atoms with Crippen LogP contribution >= 0.6 is 0 Å². The molecule has 0 aliphatic carbocycles. The third-order valence-corrected chi connectivity index (χ3v) is 3.48. The zero-order chi connectivity index (χ0) is 12.8.